The number of likely N-dealkylation sites (tertiary alicyclic amines) is 1. The summed E-state index contributed by atoms with van der Waals surface area (Å²) >= 11 is 0. The van der Waals surface area contributed by atoms with E-state index in [0.29, 0.717) is 18.5 Å². The first kappa shape index (κ1) is 24.3. The monoisotopic (exact) mass is 462 g/mol. The van der Waals surface area contributed by atoms with Crippen LogP contribution in [0.2, 0.25) is 19.6 Å². The summed E-state index contributed by atoms with van der Waals surface area (Å²) < 4.78 is 11.3. The zero-order valence-corrected chi connectivity index (χ0v) is 20.6. The second kappa shape index (κ2) is 9.23. The van der Waals surface area contributed by atoms with E-state index in [2.05, 4.69) is 26.2 Å². The summed E-state index contributed by atoms with van der Waals surface area (Å²) in [6.07, 6.45) is 4.93. The Kier molecular flexibility index (Phi) is 6.99. The number of amides is 2. The lowest BCUT2D eigenvalue weighted by molar-refractivity contribution is -0.160. The first-order chi connectivity index (χ1) is 15.0. The van der Waals surface area contributed by atoms with Gasteiger partial charge in [-0.3, -0.25) is 4.79 Å². The van der Waals surface area contributed by atoms with Crippen molar-refractivity contribution < 1.29 is 28.7 Å². The van der Waals surface area contributed by atoms with E-state index in [1.165, 1.54) is 11.0 Å². The maximum Gasteiger partial charge on any atom is 0.410 e. The minimum Gasteiger partial charge on any atom is -0.477 e. The Morgan fingerprint density at radius 3 is 2.62 bits per heavy atom. The number of β-lactam (4-membered cyclic amide) rings is 1. The molecule has 3 aliphatic heterocycles. The number of carbonyl (C=O) groups excluding carboxylic acids is 2. The van der Waals surface area contributed by atoms with Crippen molar-refractivity contribution in [3.63, 3.8) is 0 Å². The van der Waals surface area contributed by atoms with Crippen molar-refractivity contribution in [1.29, 1.82) is 0 Å². The molecule has 0 aromatic heterocycles. The number of aliphatic carboxylic acids is 1. The number of carboxylic acids is 1. The van der Waals surface area contributed by atoms with Crippen molar-refractivity contribution in [1.82, 2.24) is 9.80 Å². The molecule has 3 rings (SSSR count). The Morgan fingerprint density at radius 1 is 1.34 bits per heavy atom. The van der Waals surface area contributed by atoms with Gasteiger partial charge >= 0.3 is 12.1 Å². The highest BCUT2D eigenvalue weighted by Crippen LogP contribution is 2.46. The summed E-state index contributed by atoms with van der Waals surface area (Å²) in [6.45, 7) is 14.3. The van der Waals surface area contributed by atoms with Crippen LogP contribution in [-0.2, 0) is 18.8 Å². The number of hydrogen-bond donors (Lipinski definition) is 1. The van der Waals surface area contributed by atoms with E-state index in [-0.39, 0.29) is 42.3 Å². The van der Waals surface area contributed by atoms with Crippen molar-refractivity contribution in [3.8, 4) is 0 Å². The molecule has 0 aromatic rings. The van der Waals surface area contributed by atoms with Gasteiger partial charge in [-0.1, -0.05) is 18.7 Å². The largest absolute Gasteiger partial charge is 0.477 e. The average Bonchev–Trinajstić information content (AvgIpc) is 3.27. The van der Waals surface area contributed by atoms with E-state index in [1.807, 2.05) is 19.9 Å². The van der Waals surface area contributed by atoms with Crippen LogP contribution < -0.4 is 0 Å². The molecule has 0 saturated carbocycles. The van der Waals surface area contributed by atoms with E-state index in [4.69, 9.17) is 9.16 Å². The fourth-order valence-electron chi connectivity index (χ4n) is 5.03. The summed E-state index contributed by atoms with van der Waals surface area (Å²) in [4.78, 5) is 40.4. The lowest BCUT2D eigenvalue weighted by Crippen LogP contribution is -2.63. The fraction of sp³-hybridized carbons (Fsp3) is 0.609. The van der Waals surface area contributed by atoms with Crippen LogP contribution in [-0.4, -0.2) is 72.5 Å². The molecule has 0 aliphatic carbocycles. The molecule has 0 spiro atoms. The van der Waals surface area contributed by atoms with Gasteiger partial charge in [0.15, 0.2) is 8.32 Å². The molecule has 3 heterocycles. The minimum absolute atomic E-state index is 0.0592. The molecule has 2 saturated heterocycles. The van der Waals surface area contributed by atoms with E-state index >= 15 is 0 Å². The van der Waals surface area contributed by atoms with Crippen LogP contribution >= 0.6 is 0 Å². The van der Waals surface area contributed by atoms with Crippen LogP contribution in [0.15, 0.2) is 35.6 Å². The van der Waals surface area contributed by atoms with Crippen molar-refractivity contribution in [2.24, 2.45) is 5.92 Å². The molecule has 1 N–H and O–H groups in total. The molecular formula is C23H34N2O6Si. The van der Waals surface area contributed by atoms with Gasteiger partial charge in [0.2, 0.25) is 5.91 Å². The summed E-state index contributed by atoms with van der Waals surface area (Å²) in [5.41, 5.74) is 1.50. The molecule has 9 heteroatoms. The molecule has 4 atom stereocenters. The smallest absolute Gasteiger partial charge is 0.410 e. The fourth-order valence-corrected chi connectivity index (χ4v) is 6.29. The topological polar surface area (TPSA) is 96.4 Å². The first-order valence-corrected chi connectivity index (χ1v) is 14.6. The number of carbonyl (C=O) groups is 3. The SMILES string of the molecule is C=CCOC(=O)N1CCC[C@H]1/C=C(\C)C1=C(C(=O)O)N2C(=O)[C@H]([C@@H](C)O[Si](C)(C)C)[C@H]2C1. The molecule has 0 radical (unpaired) electrons. The van der Waals surface area contributed by atoms with Gasteiger partial charge < -0.3 is 24.1 Å². The minimum atomic E-state index is -1.84. The zero-order chi connectivity index (χ0) is 23.8. The second-order valence-electron chi connectivity index (χ2n) is 9.69. The molecule has 8 nitrogen and oxygen atoms in total. The van der Waals surface area contributed by atoms with Crippen LogP contribution in [0.4, 0.5) is 4.79 Å². The number of carboxylic acid groups (broad SMARTS) is 1. The number of hydrogen-bond acceptors (Lipinski definition) is 5. The van der Waals surface area contributed by atoms with Crippen LogP contribution in [0.25, 0.3) is 0 Å². The summed E-state index contributed by atoms with van der Waals surface area (Å²) in [5.74, 6) is -1.62. The molecule has 176 valence electrons. The second-order valence-corrected chi connectivity index (χ2v) is 14.2. The highest BCUT2D eigenvalue weighted by atomic mass is 28.4. The number of allylic oxidation sites excluding steroid dienone is 1. The summed E-state index contributed by atoms with van der Waals surface area (Å²) in [5, 5.41) is 9.88. The third-order valence-electron chi connectivity index (χ3n) is 6.23. The van der Waals surface area contributed by atoms with E-state index in [9.17, 15) is 19.5 Å². The van der Waals surface area contributed by atoms with Crippen molar-refractivity contribution in [2.75, 3.05) is 13.2 Å². The predicted octanol–water partition coefficient (Wildman–Crippen LogP) is 3.53. The average molecular weight is 463 g/mol. The van der Waals surface area contributed by atoms with E-state index < -0.39 is 20.4 Å². The Labute approximate surface area is 190 Å². The highest BCUT2D eigenvalue weighted by Gasteiger charge is 2.57. The van der Waals surface area contributed by atoms with Gasteiger partial charge in [0, 0.05) is 6.54 Å². The number of fused-ring (bicyclic) bond motifs is 1. The van der Waals surface area contributed by atoms with Gasteiger partial charge in [0.1, 0.15) is 12.3 Å². The first-order valence-electron chi connectivity index (χ1n) is 11.2. The van der Waals surface area contributed by atoms with Gasteiger partial charge in [0.05, 0.1) is 24.1 Å². The Morgan fingerprint density at radius 2 is 2.03 bits per heavy atom. The van der Waals surface area contributed by atoms with Gasteiger partial charge in [0.25, 0.3) is 0 Å². The van der Waals surface area contributed by atoms with Crippen LogP contribution in [0.3, 0.4) is 0 Å². The molecule has 2 amide bonds. The lowest BCUT2D eigenvalue weighted by Gasteiger charge is -2.47. The Bertz CT molecular complexity index is 874. The number of rotatable bonds is 8. The molecule has 2 fully saturated rings. The molecular weight excluding hydrogens is 428 g/mol. The predicted molar refractivity (Wildman–Crippen MR) is 122 cm³/mol. The zero-order valence-electron chi connectivity index (χ0n) is 19.6. The normalized spacial score (nSPS) is 26.7. The van der Waals surface area contributed by atoms with Crippen LogP contribution in [0.1, 0.15) is 33.1 Å². The highest BCUT2D eigenvalue weighted by molar-refractivity contribution is 6.69. The van der Waals surface area contributed by atoms with Gasteiger partial charge in [-0.2, -0.15) is 0 Å². The molecule has 3 aliphatic rings. The third kappa shape index (κ3) is 4.68. The van der Waals surface area contributed by atoms with Crippen LogP contribution in [0.5, 0.6) is 0 Å². The molecule has 0 aromatic carbocycles. The lowest BCUT2D eigenvalue weighted by atomic mass is 9.82. The Balaban J connectivity index is 1.81. The summed E-state index contributed by atoms with van der Waals surface area (Å²) in [7, 11) is -1.84. The maximum atomic E-state index is 12.9. The van der Waals surface area contributed by atoms with Crippen LogP contribution in [0, 0.1) is 5.92 Å². The Hall–Kier alpha value is -2.39. The van der Waals surface area contributed by atoms with Crippen molar-refractivity contribution >= 4 is 26.3 Å². The maximum absolute atomic E-state index is 12.9. The molecule has 32 heavy (non-hydrogen) atoms. The number of ether oxygens (including phenoxy) is 1. The van der Waals surface area contributed by atoms with E-state index in [0.717, 1.165) is 18.4 Å². The van der Waals surface area contributed by atoms with Gasteiger partial charge in [-0.05, 0) is 63.9 Å². The molecule has 0 unspecified atom stereocenters. The molecule has 0 bridgehead atoms. The third-order valence-corrected chi connectivity index (χ3v) is 7.31. The van der Waals surface area contributed by atoms with Gasteiger partial charge in [-0.15, -0.1) is 0 Å². The van der Waals surface area contributed by atoms with Gasteiger partial charge in [-0.25, -0.2) is 9.59 Å². The van der Waals surface area contributed by atoms with E-state index in [1.54, 1.807) is 4.90 Å². The number of nitrogens with zero attached hydrogens (tertiary/aromatic N) is 2. The standard InChI is InChI=1S/C23H34N2O6Si/c1-7-11-30-23(29)24-10-8-9-16(24)12-14(2)17-13-18-19(15(3)31-32(4,5)6)21(26)25(18)20(17)22(27)28/h7,12,15-16,18-19H,1,8-11,13H2,2-6H3,(H,27,28)/b14-12+/t15-,16+,18-,19-/m1/s1. The summed E-state index contributed by atoms with van der Waals surface area (Å²) in [6, 6.07) is -0.362. The van der Waals surface area contributed by atoms with Crippen molar-refractivity contribution in [3.05, 3.63) is 35.6 Å². The quantitative estimate of drug-likeness (QED) is 0.337. The van der Waals surface area contributed by atoms with Crippen molar-refractivity contribution in [2.45, 2.75) is 70.9 Å².